The molecule has 3 nitrogen and oxygen atoms in total. The average molecular weight is 212 g/mol. The van der Waals surface area contributed by atoms with E-state index in [1.807, 2.05) is 0 Å². The first-order chi connectivity index (χ1) is 6.77. The first-order valence-electron chi connectivity index (χ1n) is 5.85. The number of primary amides is 1. The van der Waals surface area contributed by atoms with Gasteiger partial charge in [0, 0.05) is 6.04 Å². The maximum atomic E-state index is 11.7. The van der Waals surface area contributed by atoms with Gasteiger partial charge in [-0.05, 0) is 38.5 Å². The highest BCUT2D eigenvalue weighted by Crippen LogP contribution is 2.41. The number of nitrogens with one attached hydrogen (secondary N) is 1. The lowest BCUT2D eigenvalue weighted by Crippen LogP contribution is -2.60. The Labute approximate surface area is 92.8 Å². The first kappa shape index (κ1) is 12.5. The minimum atomic E-state index is -0.476. The van der Waals surface area contributed by atoms with Crippen LogP contribution in [0.15, 0.2) is 0 Å². The van der Waals surface area contributed by atoms with E-state index in [-0.39, 0.29) is 11.3 Å². The molecule has 1 aliphatic carbocycles. The molecule has 0 bridgehead atoms. The average Bonchev–Trinajstić information content (AvgIpc) is 1.99. The van der Waals surface area contributed by atoms with Crippen LogP contribution in [0.3, 0.4) is 0 Å². The van der Waals surface area contributed by atoms with Crippen molar-refractivity contribution >= 4 is 5.91 Å². The molecule has 1 rings (SSSR count). The molecule has 3 heteroatoms. The number of rotatable bonds is 3. The molecule has 88 valence electrons. The summed E-state index contributed by atoms with van der Waals surface area (Å²) in [6.07, 6.45) is 3.99. The molecule has 15 heavy (non-hydrogen) atoms. The Bertz CT molecular complexity index is 248. The molecule has 0 aromatic rings. The highest BCUT2D eigenvalue weighted by atomic mass is 16.1. The number of carbonyl (C=O) groups is 1. The van der Waals surface area contributed by atoms with Crippen molar-refractivity contribution in [2.75, 3.05) is 0 Å². The summed E-state index contributed by atoms with van der Waals surface area (Å²) >= 11 is 0. The maximum absolute atomic E-state index is 11.7. The summed E-state index contributed by atoms with van der Waals surface area (Å²) in [4.78, 5) is 11.7. The molecule has 0 radical (unpaired) electrons. The van der Waals surface area contributed by atoms with E-state index in [0.717, 1.165) is 19.3 Å². The molecule has 1 aliphatic rings. The van der Waals surface area contributed by atoms with E-state index in [1.165, 1.54) is 6.42 Å². The van der Waals surface area contributed by atoms with Crippen molar-refractivity contribution in [2.45, 2.75) is 65.0 Å². The first-order valence-corrected chi connectivity index (χ1v) is 5.85. The number of carbonyl (C=O) groups excluding carboxylic acids is 1. The van der Waals surface area contributed by atoms with Crippen molar-refractivity contribution in [3.05, 3.63) is 0 Å². The molecule has 1 amide bonds. The highest BCUT2D eigenvalue weighted by Gasteiger charge is 2.44. The van der Waals surface area contributed by atoms with E-state index in [9.17, 15) is 4.79 Å². The summed E-state index contributed by atoms with van der Waals surface area (Å²) in [5.41, 5.74) is 5.31. The summed E-state index contributed by atoms with van der Waals surface area (Å²) in [7, 11) is 0. The quantitative estimate of drug-likeness (QED) is 0.749. The molecule has 1 atom stereocenters. The van der Waals surface area contributed by atoms with E-state index in [1.54, 1.807) is 0 Å². The smallest absolute Gasteiger partial charge is 0.237 e. The molecule has 0 saturated heterocycles. The Morgan fingerprint density at radius 3 is 2.33 bits per heavy atom. The Kier molecular flexibility index (Phi) is 3.44. The van der Waals surface area contributed by atoms with Gasteiger partial charge in [-0.2, -0.15) is 0 Å². The van der Waals surface area contributed by atoms with Crippen LogP contribution in [0.4, 0.5) is 0 Å². The number of hydrogen-bond donors (Lipinski definition) is 2. The lowest BCUT2D eigenvalue weighted by atomic mass is 9.67. The molecular formula is C12H24N2O. The van der Waals surface area contributed by atoms with Gasteiger partial charge in [-0.25, -0.2) is 0 Å². The Morgan fingerprint density at radius 1 is 1.33 bits per heavy atom. The van der Waals surface area contributed by atoms with Crippen LogP contribution in [0, 0.1) is 5.41 Å². The zero-order valence-corrected chi connectivity index (χ0v) is 10.4. The Balaban J connectivity index is 2.86. The Hall–Kier alpha value is -0.570. The molecule has 1 fully saturated rings. The van der Waals surface area contributed by atoms with Crippen LogP contribution in [-0.2, 0) is 4.79 Å². The number of amides is 1. The molecule has 1 unspecified atom stereocenters. The molecule has 0 spiro atoms. The van der Waals surface area contributed by atoms with Crippen LogP contribution in [0.5, 0.6) is 0 Å². The largest absolute Gasteiger partial charge is 0.368 e. The van der Waals surface area contributed by atoms with Crippen molar-refractivity contribution in [1.82, 2.24) is 5.32 Å². The van der Waals surface area contributed by atoms with Gasteiger partial charge in [0.1, 0.15) is 0 Å². The molecule has 3 N–H and O–H groups in total. The lowest BCUT2D eigenvalue weighted by Gasteiger charge is -2.44. The van der Waals surface area contributed by atoms with Crippen molar-refractivity contribution in [2.24, 2.45) is 11.1 Å². The van der Waals surface area contributed by atoms with E-state index in [4.69, 9.17) is 5.73 Å². The normalized spacial score (nSPS) is 30.5. The van der Waals surface area contributed by atoms with Gasteiger partial charge in [-0.1, -0.05) is 20.3 Å². The van der Waals surface area contributed by atoms with Crippen molar-refractivity contribution in [3.63, 3.8) is 0 Å². The standard InChI is InChI=1S/C12H24N2O/c1-9(2)14-12(10(13)15)7-5-6-11(3,4)8-12/h9,14H,5-8H2,1-4H3,(H2,13,15). The zero-order valence-electron chi connectivity index (χ0n) is 10.4. The molecule has 1 saturated carbocycles. The van der Waals surface area contributed by atoms with Crippen LogP contribution in [0.2, 0.25) is 0 Å². The summed E-state index contributed by atoms with van der Waals surface area (Å²) in [6.45, 7) is 8.55. The monoisotopic (exact) mass is 212 g/mol. The van der Waals surface area contributed by atoms with Gasteiger partial charge in [0.15, 0.2) is 0 Å². The second-order valence-corrected chi connectivity index (χ2v) is 5.94. The predicted molar refractivity (Wildman–Crippen MR) is 62.4 cm³/mol. The van der Waals surface area contributed by atoms with Crippen LogP contribution in [0.25, 0.3) is 0 Å². The Morgan fingerprint density at radius 2 is 1.93 bits per heavy atom. The van der Waals surface area contributed by atoms with Gasteiger partial charge in [0.25, 0.3) is 0 Å². The van der Waals surface area contributed by atoms with Crippen LogP contribution in [-0.4, -0.2) is 17.5 Å². The fraction of sp³-hybridized carbons (Fsp3) is 0.917. The third-order valence-electron chi connectivity index (χ3n) is 3.27. The van der Waals surface area contributed by atoms with Crippen molar-refractivity contribution < 1.29 is 4.79 Å². The second kappa shape index (κ2) is 4.12. The highest BCUT2D eigenvalue weighted by molar-refractivity contribution is 5.85. The van der Waals surface area contributed by atoms with Crippen LogP contribution >= 0.6 is 0 Å². The van der Waals surface area contributed by atoms with Gasteiger partial charge in [0.05, 0.1) is 5.54 Å². The second-order valence-electron chi connectivity index (χ2n) is 5.94. The fourth-order valence-corrected chi connectivity index (χ4v) is 2.82. The SMILES string of the molecule is CC(C)NC1(C(N)=O)CCCC(C)(C)C1. The molecular weight excluding hydrogens is 188 g/mol. The molecule has 0 aliphatic heterocycles. The van der Waals surface area contributed by atoms with Crippen LogP contribution in [0.1, 0.15) is 53.4 Å². The van der Waals surface area contributed by atoms with Gasteiger partial charge in [-0.15, -0.1) is 0 Å². The summed E-state index contributed by atoms with van der Waals surface area (Å²) < 4.78 is 0. The predicted octanol–water partition coefficient (Wildman–Crippen LogP) is 1.81. The van der Waals surface area contributed by atoms with Gasteiger partial charge < -0.3 is 11.1 Å². The van der Waals surface area contributed by atoms with Gasteiger partial charge in [0.2, 0.25) is 5.91 Å². The number of hydrogen-bond acceptors (Lipinski definition) is 2. The fourth-order valence-electron chi connectivity index (χ4n) is 2.82. The summed E-state index contributed by atoms with van der Waals surface area (Å²) in [5, 5.41) is 3.38. The molecule has 0 aromatic carbocycles. The third-order valence-corrected chi connectivity index (χ3v) is 3.27. The zero-order chi connectivity index (χ0) is 11.7. The van der Waals surface area contributed by atoms with E-state index >= 15 is 0 Å². The van der Waals surface area contributed by atoms with E-state index in [0.29, 0.717) is 6.04 Å². The lowest BCUT2D eigenvalue weighted by molar-refractivity contribution is -0.127. The van der Waals surface area contributed by atoms with Gasteiger partial charge in [-0.3, -0.25) is 4.79 Å². The third kappa shape index (κ3) is 2.94. The summed E-state index contributed by atoms with van der Waals surface area (Å²) in [5.74, 6) is -0.191. The van der Waals surface area contributed by atoms with E-state index < -0.39 is 5.54 Å². The summed E-state index contributed by atoms with van der Waals surface area (Å²) in [6, 6.07) is 0.298. The van der Waals surface area contributed by atoms with Crippen LogP contribution < -0.4 is 11.1 Å². The number of nitrogens with two attached hydrogens (primary N) is 1. The molecule has 0 aromatic heterocycles. The topological polar surface area (TPSA) is 55.1 Å². The minimum Gasteiger partial charge on any atom is -0.368 e. The van der Waals surface area contributed by atoms with Crippen molar-refractivity contribution in [3.8, 4) is 0 Å². The van der Waals surface area contributed by atoms with Gasteiger partial charge >= 0.3 is 0 Å². The minimum absolute atomic E-state index is 0.191. The van der Waals surface area contributed by atoms with E-state index in [2.05, 4.69) is 33.0 Å². The maximum Gasteiger partial charge on any atom is 0.237 e. The molecule has 0 heterocycles. The van der Waals surface area contributed by atoms with Crippen molar-refractivity contribution in [1.29, 1.82) is 0 Å².